The van der Waals surface area contributed by atoms with Crippen LogP contribution in [-0.4, -0.2) is 68.6 Å². The predicted molar refractivity (Wildman–Crippen MR) is 103 cm³/mol. The van der Waals surface area contributed by atoms with E-state index in [4.69, 9.17) is 4.99 Å². The number of benzene rings is 1. The quantitative estimate of drug-likeness (QED) is 0.635. The first-order valence-corrected chi connectivity index (χ1v) is 8.96. The minimum absolute atomic E-state index is 0.522. The van der Waals surface area contributed by atoms with E-state index >= 15 is 0 Å². The summed E-state index contributed by atoms with van der Waals surface area (Å²) in [5, 5.41) is 6.87. The highest BCUT2D eigenvalue weighted by molar-refractivity contribution is 5.79. The number of guanidine groups is 1. The lowest BCUT2D eigenvalue weighted by atomic mass is 10.1. The molecular formula is C19H33N5. The molecule has 24 heavy (non-hydrogen) atoms. The fourth-order valence-electron chi connectivity index (χ4n) is 3.07. The van der Waals surface area contributed by atoms with Crippen LogP contribution in [0.2, 0.25) is 0 Å². The first-order chi connectivity index (χ1) is 11.5. The summed E-state index contributed by atoms with van der Waals surface area (Å²) in [7, 11) is 4.40. The summed E-state index contributed by atoms with van der Waals surface area (Å²) in [5.74, 6) is 0.902. The monoisotopic (exact) mass is 331 g/mol. The first-order valence-electron chi connectivity index (χ1n) is 8.96. The van der Waals surface area contributed by atoms with Crippen molar-refractivity contribution in [1.82, 2.24) is 20.4 Å². The Morgan fingerprint density at radius 2 is 2.00 bits per heavy atom. The largest absolute Gasteiger partial charge is 0.357 e. The molecule has 1 saturated heterocycles. The second kappa shape index (κ2) is 9.04. The Kier molecular flexibility index (Phi) is 7.06. The Morgan fingerprint density at radius 1 is 1.21 bits per heavy atom. The topological polar surface area (TPSA) is 42.9 Å². The first kappa shape index (κ1) is 18.7. The van der Waals surface area contributed by atoms with Gasteiger partial charge in [0.05, 0.1) is 6.54 Å². The van der Waals surface area contributed by atoms with E-state index in [9.17, 15) is 0 Å². The van der Waals surface area contributed by atoms with E-state index < -0.39 is 0 Å². The van der Waals surface area contributed by atoms with Crippen molar-refractivity contribution in [1.29, 1.82) is 0 Å². The number of likely N-dealkylation sites (N-methyl/N-ethyl adjacent to an activating group) is 2. The van der Waals surface area contributed by atoms with Crippen molar-refractivity contribution >= 4 is 5.96 Å². The van der Waals surface area contributed by atoms with Crippen LogP contribution in [0.5, 0.6) is 0 Å². The lowest BCUT2D eigenvalue weighted by molar-refractivity contribution is 0.116. The molecule has 1 aliphatic rings. The molecule has 5 nitrogen and oxygen atoms in total. The molecule has 0 bridgehead atoms. The number of rotatable bonds is 5. The molecule has 0 radical (unpaired) electrons. The second-order valence-corrected chi connectivity index (χ2v) is 6.90. The maximum absolute atomic E-state index is 4.76. The van der Waals surface area contributed by atoms with Gasteiger partial charge in [0.2, 0.25) is 0 Å². The third kappa shape index (κ3) is 5.49. The zero-order chi connectivity index (χ0) is 17.5. The highest BCUT2D eigenvalue weighted by Crippen LogP contribution is 2.11. The van der Waals surface area contributed by atoms with E-state index in [2.05, 4.69) is 73.5 Å². The summed E-state index contributed by atoms with van der Waals surface area (Å²) in [4.78, 5) is 9.59. The molecule has 0 aromatic heterocycles. The minimum Gasteiger partial charge on any atom is -0.357 e. The average Bonchev–Trinajstić information content (AvgIpc) is 2.54. The van der Waals surface area contributed by atoms with Crippen molar-refractivity contribution in [3.05, 3.63) is 34.9 Å². The molecule has 134 valence electrons. The van der Waals surface area contributed by atoms with Gasteiger partial charge in [-0.1, -0.05) is 23.8 Å². The summed E-state index contributed by atoms with van der Waals surface area (Å²) < 4.78 is 0. The normalized spacial score (nSPS) is 20.2. The van der Waals surface area contributed by atoms with Gasteiger partial charge in [-0.2, -0.15) is 0 Å². The Balaban J connectivity index is 1.95. The van der Waals surface area contributed by atoms with Gasteiger partial charge in [0, 0.05) is 38.8 Å². The number of piperazine rings is 1. The minimum atomic E-state index is 0.522. The summed E-state index contributed by atoms with van der Waals surface area (Å²) >= 11 is 0. The van der Waals surface area contributed by atoms with Gasteiger partial charge < -0.3 is 15.5 Å². The van der Waals surface area contributed by atoms with Crippen LogP contribution in [0.1, 0.15) is 23.6 Å². The van der Waals surface area contributed by atoms with Crippen molar-refractivity contribution in [2.75, 3.05) is 46.8 Å². The van der Waals surface area contributed by atoms with E-state index in [1.54, 1.807) is 0 Å². The van der Waals surface area contributed by atoms with Gasteiger partial charge in [0.25, 0.3) is 0 Å². The zero-order valence-corrected chi connectivity index (χ0v) is 15.9. The lowest BCUT2D eigenvalue weighted by Crippen LogP contribution is -2.55. The van der Waals surface area contributed by atoms with Crippen LogP contribution >= 0.6 is 0 Å². The van der Waals surface area contributed by atoms with E-state index in [1.807, 2.05) is 0 Å². The average molecular weight is 332 g/mol. The predicted octanol–water partition coefficient (Wildman–Crippen LogP) is 1.60. The molecule has 1 aromatic rings. The molecule has 0 spiro atoms. The van der Waals surface area contributed by atoms with Crippen LogP contribution in [-0.2, 0) is 6.54 Å². The summed E-state index contributed by atoms with van der Waals surface area (Å²) in [6.45, 7) is 12.3. The molecule has 0 saturated carbocycles. The molecule has 0 amide bonds. The number of aliphatic imine (C=N–C) groups is 1. The van der Waals surface area contributed by atoms with Crippen molar-refractivity contribution in [2.24, 2.45) is 4.99 Å². The number of nitrogens with zero attached hydrogens (tertiary/aromatic N) is 3. The van der Waals surface area contributed by atoms with E-state index in [0.717, 1.165) is 38.7 Å². The number of aryl methyl sites for hydroxylation is 2. The van der Waals surface area contributed by atoms with Crippen LogP contribution in [0.4, 0.5) is 0 Å². The van der Waals surface area contributed by atoms with Crippen molar-refractivity contribution in [3.63, 3.8) is 0 Å². The van der Waals surface area contributed by atoms with Crippen LogP contribution in [0.3, 0.4) is 0 Å². The molecule has 1 aromatic carbocycles. The van der Waals surface area contributed by atoms with Crippen molar-refractivity contribution < 1.29 is 0 Å². The van der Waals surface area contributed by atoms with Gasteiger partial charge in [0.15, 0.2) is 5.96 Å². The Hall–Kier alpha value is -1.59. The Labute approximate surface area is 147 Å². The number of hydrogen-bond donors (Lipinski definition) is 2. The number of hydrogen-bond acceptors (Lipinski definition) is 3. The van der Waals surface area contributed by atoms with Crippen LogP contribution in [0.25, 0.3) is 0 Å². The molecule has 1 aliphatic heterocycles. The highest BCUT2D eigenvalue weighted by Gasteiger charge is 2.21. The second-order valence-electron chi connectivity index (χ2n) is 6.90. The maximum atomic E-state index is 4.76. The zero-order valence-electron chi connectivity index (χ0n) is 15.9. The SMILES string of the molecule is CCNC(=NCc1ccc(C)cc1C)NCC1CN(C)CCN1C. The van der Waals surface area contributed by atoms with Gasteiger partial charge in [-0.25, -0.2) is 4.99 Å². The molecule has 1 heterocycles. The van der Waals surface area contributed by atoms with Gasteiger partial charge in [-0.05, 0) is 46.0 Å². The Bertz CT molecular complexity index is 555. The standard InChI is InChI=1S/C19H33N5/c1-6-20-19(21-12-17-8-7-15(2)11-16(17)3)22-13-18-14-23(4)9-10-24(18)5/h7-8,11,18H,6,9-10,12-14H2,1-5H3,(H2,20,21,22). The van der Waals surface area contributed by atoms with E-state index in [-0.39, 0.29) is 0 Å². The van der Waals surface area contributed by atoms with E-state index in [1.165, 1.54) is 16.7 Å². The third-order valence-electron chi connectivity index (χ3n) is 4.74. The fraction of sp³-hybridized carbons (Fsp3) is 0.632. The number of nitrogens with one attached hydrogen (secondary N) is 2. The fourth-order valence-corrected chi connectivity index (χ4v) is 3.07. The van der Waals surface area contributed by atoms with Gasteiger partial charge in [-0.3, -0.25) is 4.90 Å². The Morgan fingerprint density at radius 3 is 2.71 bits per heavy atom. The summed E-state index contributed by atoms with van der Waals surface area (Å²) in [6.07, 6.45) is 0. The van der Waals surface area contributed by atoms with Gasteiger partial charge in [-0.15, -0.1) is 0 Å². The molecule has 1 fully saturated rings. The molecule has 2 N–H and O–H groups in total. The van der Waals surface area contributed by atoms with Crippen LogP contribution in [0.15, 0.2) is 23.2 Å². The lowest BCUT2D eigenvalue weighted by Gasteiger charge is -2.37. The van der Waals surface area contributed by atoms with Crippen LogP contribution in [0, 0.1) is 13.8 Å². The van der Waals surface area contributed by atoms with Crippen LogP contribution < -0.4 is 10.6 Å². The summed E-state index contributed by atoms with van der Waals surface area (Å²) in [5.41, 5.74) is 3.89. The molecule has 1 unspecified atom stereocenters. The van der Waals surface area contributed by atoms with Gasteiger partial charge >= 0.3 is 0 Å². The molecule has 0 aliphatic carbocycles. The van der Waals surface area contributed by atoms with Gasteiger partial charge in [0.1, 0.15) is 0 Å². The van der Waals surface area contributed by atoms with E-state index in [0.29, 0.717) is 12.6 Å². The van der Waals surface area contributed by atoms with Crippen molar-refractivity contribution in [3.8, 4) is 0 Å². The molecule has 5 heteroatoms. The van der Waals surface area contributed by atoms with Crippen molar-refractivity contribution in [2.45, 2.75) is 33.4 Å². The summed E-state index contributed by atoms with van der Waals surface area (Å²) in [6, 6.07) is 7.08. The highest BCUT2D eigenvalue weighted by atomic mass is 15.3. The molecular weight excluding hydrogens is 298 g/mol. The smallest absolute Gasteiger partial charge is 0.191 e. The molecule has 1 atom stereocenters. The third-order valence-corrected chi connectivity index (χ3v) is 4.74. The maximum Gasteiger partial charge on any atom is 0.191 e. The molecule has 2 rings (SSSR count).